The number of hydrogen-bond acceptors (Lipinski definition) is 3. The first-order valence-electron chi connectivity index (χ1n) is 7.00. The molecule has 5 heteroatoms. The van der Waals surface area contributed by atoms with E-state index in [1.807, 2.05) is 4.90 Å². The van der Waals surface area contributed by atoms with Crippen LogP contribution in [0.3, 0.4) is 0 Å². The number of carbonyl (C=O) groups is 1. The topological polar surface area (TPSA) is 45.2 Å². The summed E-state index contributed by atoms with van der Waals surface area (Å²) in [6.07, 6.45) is 3.69. The van der Waals surface area contributed by atoms with Gasteiger partial charge in [0.05, 0.1) is 0 Å². The Kier molecular flexibility index (Phi) is 3.81. The van der Waals surface area contributed by atoms with Gasteiger partial charge in [-0.05, 0) is 43.2 Å². The Labute approximate surface area is 122 Å². The summed E-state index contributed by atoms with van der Waals surface area (Å²) in [6.45, 7) is 1.59. The van der Waals surface area contributed by atoms with E-state index in [-0.39, 0.29) is 11.7 Å². The van der Waals surface area contributed by atoms with Crippen molar-refractivity contribution in [2.75, 3.05) is 18.4 Å². The Bertz CT molecular complexity index is 653. The van der Waals surface area contributed by atoms with Crippen molar-refractivity contribution in [3.8, 4) is 0 Å². The Morgan fingerprint density at radius 1 is 1.14 bits per heavy atom. The molecule has 1 N–H and O–H groups in total. The number of hydrogen-bond donors (Lipinski definition) is 1. The quantitative estimate of drug-likeness (QED) is 0.942. The third-order valence-corrected chi connectivity index (χ3v) is 3.49. The van der Waals surface area contributed by atoms with E-state index < -0.39 is 0 Å². The summed E-state index contributed by atoms with van der Waals surface area (Å²) in [7, 11) is 0. The van der Waals surface area contributed by atoms with Crippen LogP contribution in [0.2, 0.25) is 0 Å². The number of pyridine rings is 1. The fourth-order valence-electron chi connectivity index (χ4n) is 2.44. The van der Waals surface area contributed by atoms with Crippen LogP contribution in [0, 0.1) is 5.82 Å². The van der Waals surface area contributed by atoms with Crippen molar-refractivity contribution >= 4 is 17.3 Å². The number of nitrogens with one attached hydrogen (secondary N) is 1. The summed E-state index contributed by atoms with van der Waals surface area (Å²) >= 11 is 0. The van der Waals surface area contributed by atoms with Crippen LogP contribution in [0.15, 0.2) is 42.6 Å². The second kappa shape index (κ2) is 5.91. The van der Waals surface area contributed by atoms with Gasteiger partial charge in [-0.15, -0.1) is 0 Å². The monoisotopic (exact) mass is 285 g/mol. The van der Waals surface area contributed by atoms with Gasteiger partial charge in [-0.2, -0.15) is 0 Å². The predicted octanol–water partition coefficient (Wildman–Crippen LogP) is 3.20. The van der Waals surface area contributed by atoms with Crippen LogP contribution in [0.5, 0.6) is 0 Å². The van der Waals surface area contributed by atoms with Crippen molar-refractivity contribution < 1.29 is 9.18 Å². The lowest BCUT2D eigenvalue weighted by atomic mass is 10.2. The molecular weight excluding hydrogens is 269 g/mol. The molecule has 0 spiro atoms. The van der Waals surface area contributed by atoms with Gasteiger partial charge in [0.15, 0.2) is 0 Å². The van der Waals surface area contributed by atoms with Crippen LogP contribution in [0.4, 0.5) is 15.8 Å². The van der Waals surface area contributed by atoms with Gasteiger partial charge in [-0.3, -0.25) is 9.78 Å². The van der Waals surface area contributed by atoms with Gasteiger partial charge in [0.2, 0.25) is 0 Å². The largest absolute Gasteiger partial charge is 0.355 e. The third kappa shape index (κ3) is 3.18. The number of carbonyl (C=O) groups excluding carboxylic acids is 1. The van der Waals surface area contributed by atoms with Crippen molar-refractivity contribution in [1.82, 2.24) is 9.88 Å². The number of rotatable bonds is 3. The van der Waals surface area contributed by atoms with E-state index in [2.05, 4.69) is 10.3 Å². The first kappa shape index (κ1) is 13.5. The number of aromatic nitrogens is 1. The maximum Gasteiger partial charge on any atom is 0.272 e. The lowest BCUT2D eigenvalue weighted by Gasteiger charge is -2.15. The van der Waals surface area contributed by atoms with Gasteiger partial charge >= 0.3 is 0 Å². The molecule has 1 amide bonds. The fraction of sp³-hybridized carbons (Fsp3) is 0.250. The molecule has 2 heterocycles. The third-order valence-electron chi connectivity index (χ3n) is 3.49. The van der Waals surface area contributed by atoms with E-state index in [4.69, 9.17) is 0 Å². The average Bonchev–Trinajstić information content (AvgIpc) is 3.01. The first-order valence-corrected chi connectivity index (χ1v) is 7.00. The normalized spacial score (nSPS) is 14.2. The van der Waals surface area contributed by atoms with Crippen molar-refractivity contribution in [3.63, 3.8) is 0 Å². The Morgan fingerprint density at radius 2 is 1.90 bits per heavy atom. The zero-order valence-electron chi connectivity index (χ0n) is 11.6. The second-order valence-corrected chi connectivity index (χ2v) is 5.06. The van der Waals surface area contributed by atoms with E-state index in [1.54, 1.807) is 30.5 Å². The minimum Gasteiger partial charge on any atom is -0.355 e. The summed E-state index contributed by atoms with van der Waals surface area (Å²) in [4.78, 5) is 18.2. The minimum absolute atomic E-state index is 0.0459. The highest BCUT2D eigenvalue weighted by Crippen LogP contribution is 2.19. The SMILES string of the molecule is O=C(c1cc(Nc2cccc(F)c2)ccn1)N1CCCC1. The molecule has 108 valence electrons. The zero-order chi connectivity index (χ0) is 14.7. The average molecular weight is 285 g/mol. The number of benzene rings is 1. The molecule has 1 saturated heterocycles. The molecule has 0 atom stereocenters. The van der Waals surface area contributed by atoms with Crippen LogP contribution in [0.25, 0.3) is 0 Å². The number of anilines is 2. The van der Waals surface area contributed by atoms with Gasteiger partial charge in [-0.1, -0.05) is 6.07 Å². The van der Waals surface area contributed by atoms with Crippen LogP contribution >= 0.6 is 0 Å². The number of halogens is 1. The van der Waals surface area contributed by atoms with Crippen LogP contribution < -0.4 is 5.32 Å². The van der Waals surface area contributed by atoms with Gasteiger partial charge in [-0.25, -0.2) is 4.39 Å². The second-order valence-electron chi connectivity index (χ2n) is 5.06. The minimum atomic E-state index is -0.303. The zero-order valence-corrected chi connectivity index (χ0v) is 11.6. The standard InChI is InChI=1S/C16H16FN3O/c17-12-4-3-5-13(10-12)19-14-6-7-18-15(11-14)16(21)20-8-1-2-9-20/h3-7,10-11H,1-2,8-9H2,(H,18,19). The van der Waals surface area contributed by atoms with Gasteiger partial charge in [0.25, 0.3) is 5.91 Å². The summed E-state index contributed by atoms with van der Waals surface area (Å²) in [6, 6.07) is 9.65. The molecular formula is C16H16FN3O. The van der Waals surface area contributed by atoms with Crippen LogP contribution in [0.1, 0.15) is 23.3 Å². The van der Waals surface area contributed by atoms with Crippen molar-refractivity contribution in [3.05, 3.63) is 54.1 Å². The molecule has 4 nitrogen and oxygen atoms in total. The summed E-state index contributed by atoms with van der Waals surface area (Å²) in [5.41, 5.74) is 1.78. The molecule has 0 radical (unpaired) electrons. The van der Waals surface area contributed by atoms with E-state index in [0.717, 1.165) is 31.6 Å². The van der Waals surface area contributed by atoms with Gasteiger partial charge in [0, 0.05) is 30.7 Å². The smallest absolute Gasteiger partial charge is 0.272 e. The van der Waals surface area contributed by atoms with Crippen molar-refractivity contribution in [1.29, 1.82) is 0 Å². The molecule has 3 rings (SSSR count). The van der Waals surface area contributed by atoms with E-state index in [0.29, 0.717) is 11.4 Å². The molecule has 0 bridgehead atoms. The molecule has 1 aliphatic rings. The van der Waals surface area contributed by atoms with Crippen LogP contribution in [-0.4, -0.2) is 28.9 Å². The highest BCUT2D eigenvalue weighted by molar-refractivity contribution is 5.93. The predicted molar refractivity (Wildman–Crippen MR) is 79.1 cm³/mol. The molecule has 1 aromatic heterocycles. The first-order chi connectivity index (χ1) is 10.2. The lowest BCUT2D eigenvalue weighted by Crippen LogP contribution is -2.28. The molecule has 1 aromatic carbocycles. The van der Waals surface area contributed by atoms with Crippen LogP contribution in [-0.2, 0) is 0 Å². The number of likely N-dealkylation sites (tertiary alicyclic amines) is 1. The highest BCUT2D eigenvalue weighted by Gasteiger charge is 2.20. The number of nitrogens with zero attached hydrogens (tertiary/aromatic N) is 2. The van der Waals surface area contributed by atoms with Crippen molar-refractivity contribution in [2.24, 2.45) is 0 Å². The Balaban J connectivity index is 1.78. The summed E-state index contributed by atoms with van der Waals surface area (Å²) in [5, 5.41) is 3.08. The molecule has 21 heavy (non-hydrogen) atoms. The molecule has 1 aliphatic heterocycles. The Morgan fingerprint density at radius 3 is 2.67 bits per heavy atom. The molecule has 0 unspecified atom stereocenters. The number of amides is 1. The maximum atomic E-state index is 13.2. The van der Waals surface area contributed by atoms with Gasteiger partial charge < -0.3 is 10.2 Å². The van der Waals surface area contributed by atoms with Crippen molar-refractivity contribution in [2.45, 2.75) is 12.8 Å². The summed E-state index contributed by atoms with van der Waals surface area (Å²) < 4.78 is 13.2. The fourth-order valence-corrected chi connectivity index (χ4v) is 2.44. The molecule has 0 saturated carbocycles. The molecule has 1 fully saturated rings. The highest BCUT2D eigenvalue weighted by atomic mass is 19.1. The van der Waals surface area contributed by atoms with E-state index in [1.165, 1.54) is 12.1 Å². The van der Waals surface area contributed by atoms with E-state index in [9.17, 15) is 9.18 Å². The summed E-state index contributed by atoms with van der Waals surface area (Å²) in [5.74, 6) is -0.349. The lowest BCUT2D eigenvalue weighted by molar-refractivity contribution is 0.0787. The van der Waals surface area contributed by atoms with E-state index >= 15 is 0 Å². The maximum absolute atomic E-state index is 13.2. The molecule has 0 aliphatic carbocycles. The Hall–Kier alpha value is -2.43. The van der Waals surface area contributed by atoms with Gasteiger partial charge in [0.1, 0.15) is 11.5 Å². The molecule has 2 aromatic rings.